The molecule has 2 atom stereocenters. The van der Waals surface area contributed by atoms with E-state index in [1.165, 1.54) is 0 Å². The third kappa shape index (κ3) is 6.65. The van der Waals surface area contributed by atoms with Crippen molar-refractivity contribution in [2.45, 2.75) is 24.9 Å². The van der Waals surface area contributed by atoms with Crippen LogP contribution in [0.15, 0.2) is 0 Å². The van der Waals surface area contributed by atoms with Crippen molar-refractivity contribution < 1.29 is 16.8 Å². The normalized spacial score (nSPS) is 27.3. The monoisotopic (exact) mass is 414 g/mol. The largest absolute Gasteiger partial charge is 0.361 e. The van der Waals surface area contributed by atoms with E-state index in [1.54, 1.807) is 0 Å². The molecule has 2 aliphatic heterocycles. The first kappa shape index (κ1) is 19.6. The minimum Gasteiger partial charge on any atom is -0.361 e. The van der Waals surface area contributed by atoms with Gasteiger partial charge >= 0.3 is 0 Å². The highest BCUT2D eigenvalue weighted by atomic mass is 32.2. The van der Waals surface area contributed by atoms with Crippen LogP contribution in [-0.4, -0.2) is 75.2 Å². The SMILES string of the molecule is O=S1(=O)CC[C@H](NC(=S)NCCNC(=S)N[C@H]2CCS(=O)(=O)C2)C1. The van der Waals surface area contributed by atoms with Gasteiger partial charge in [0, 0.05) is 25.2 Å². The van der Waals surface area contributed by atoms with Crippen molar-refractivity contribution in [1.29, 1.82) is 0 Å². The van der Waals surface area contributed by atoms with E-state index >= 15 is 0 Å². The minimum absolute atomic E-state index is 0.116. The highest BCUT2D eigenvalue weighted by molar-refractivity contribution is 7.92. The first-order chi connectivity index (χ1) is 11.2. The molecule has 0 aromatic rings. The van der Waals surface area contributed by atoms with Crippen molar-refractivity contribution in [3.8, 4) is 0 Å². The standard InChI is InChI=1S/C12H22N4O4S4/c17-23(18)5-1-9(7-23)15-11(21)13-3-4-14-12(22)16-10-2-6-24(19,20)8-10/h9-10H,1-8H2,(H2,13,15,21)(H2,14,16,22)/t9-,10-/m0/s1. The van der Waals surface area contributed by atoms with Gasteiger partial charge in [0.2, 0.25) is 0 Å². The molecule has 2 saturated heterocycles. The summed E-state index contributed by atoms with van der Waals surface area (Å²) in [6.07, 6.45) is 1.14. The van der Waals surface area contributed by atoms with Gasteiger partial charge in [-0.25, -0.2) is 16.8 Å². The fraction of sp³-hybridized carbons (Fsp3) is 0.833. The lowest BCUT2D eigenvalue weighted by Gasteiger charge is -2.17. The Morgan fingerprint density at radius 3 is 1.46 bits per heavy atom. The van der Waals surface area contributed by atoms with E-state index < -0.39 is 19.7 Å². The first-order valence-corrected chi connectivity index (χ1v) is 12.1. The molecule has 8 nitrogen and oxygen atoms in total. The van der Waals surface area contributed by atoms with Gasteiger partial charge in [-0.15, -0.1) is 0 Å². The molecule has 2 fully saturated rings. The molecule has 0 bridgehead atoms. The molecule has 0 amide bonds. The maximum absolute atomic E-state index is 11.4. The second-order valence-corrected chi connectivity index (χ2v) is 11.3. The Labute approximate surface area is 153 Å². The Balaban J connectivity index is 1.56. The van der Waals surface area contributed by atoms with Crippen LogP contribution in [-0.2, 0) is 19.7 Å². The molecule has 2 rings (SSSR count). The predicted octanol–water partition coefficient (Wildman–Crippen LogP) is -1.71. The van der Waals surface area contributed by atoms with Gasteiger partial charge in [-0.1, -0.05) is 0 Å². The second-order valence-electron chi connectivity index (χ2n) is 6.00. The molecule has 0 unspecified atom stereocenters. The second kappa shape index (κ2) is 8.11. The molecule has 0 radical (unpaired) electrons. The Kier molecular flexibility index (Phi) is 6.62. The molecule has 0 saturated carbocycles. The molecule has 0 aliphatic carbocycles. The molecule has 138 valence electrons. The molecule has 2 heterocycles. The van der Waals surface area contributed by atoms with Gasteiger partial charge in [-0.05, 0) is 37.3 Å². The minimum atomic E-state index is -2.93. The van der Waals surface area contributed by atoms with E-state index in [-0.39, 0.29) is 35.1 Å². The van der Waals surface area contributed by atoms with Crippen molar-refractivity contribution in [3.05, 3.63) is 0 Å². The smallest absolute Gasteiger partial charge is 0.166 e. The summed E-state index contributed by atoms with van der Waals surface area (Å²) in [5.41, 5.74) is 0. The zero-order valence-electron chi connectivity index (χ0n) is 13.1. The van der Waals surface area contributed by atoms with E-state index in [1.807, 2.05) is 0 Å². The van der Waals surface area contributed by atoms with Crippen LogP contribution in [0.5, 0.6) is 0 Å². The lowest BCUT2D eigenvalue weighted by molar-refractivity contribution is 0.597. The quantitative estimate of drug-likeness (QED) is 0.306. The molecule has 12 heteroatoms. The maximum atomic E-state index is 11.4. The molecule has 0 spiro atoms. The highest BCUT2D eigenvalue weighted by Crippen LogP contribution is 2.11. The van der Waals surface area contributed by atoms with Gasteiger partial charge in [0.15, 0.2) is 29.9 Å². The average molecular weight is 415 g/mol. The summed E-state index contributed by atoms with van der Waals surface area (Å²) in [4.78, 5) is 0. The Hall–Kier alpha value is -0.720. The van der Waals surface area contributed by atoms with Gasteiger partial charge in [0.1, 0.15) is 0 Å². The number of rotatable bonds is 5. The number of nitrogens with one attached hydrogen (secondary N) is 4. The van der Waals surface area contributed by atoms with Crippen molar-refractivity contribution in [2.24, 2.45) is 0 Å². The van der Waals surface area contributed by atoms with Crippen LogP contribution in [0.4, 0.5) is 0 Å². The van der Waals surface area contributed by atoms with E-state index in [9.17, 15) is 16.8 Å². The molecule has 0 aromatic heterocycles. The summed E-state index contributed by atoms with van der Waals surface area (Å²) < 4.78 is 45.5. The Bertz CT molecular complexity index is 632. The third-order valence-electron chi connectivity index (χ3n) is 3.83. The van der Waals surface area contributed by atoms with Gasteiger partial charge in [0.25, 0.3) is 0 Å². The van der Waals surface area contributed by atoms with Gasteiger partial charge < -0.3 is 21.3 Å². The zero-order chi connectivity index (χ0) is 17.8. The summed E-state index contributed by atoms with van der Waals surface area (Å²) >= 11 is 10.3. The van der Waals surface area contributed by atoms with Crippen LogP contribution >= 0.6 is 24.4 Å². The van der Waals surface area contributed by atoms with Crippen LogP contribution in [0.25, 0.3) is 0 Å². The number of hydrogen-bond acceptors (Lipinski definition) is 6. The van der Waals surface area contributed by atoms with E-state index in [2.05, 4.69) is 21.3 Å². The number of hydrogen-bond donors (Lipinski definition) is 4. The molecule has 2 aliphatic rings. The molecular formula is C12H22N4O4S4. The van der Waals surface area contributed by atoms with Crippen LogP contribution in [0.1, 0.15) is 12.8 Å². The third-order valence-corrected chi connectivity index (χ3v) is 7.89. The van der Waals surface area contributed by atoms with Gasteiger partial charge in [-0.3, -0.25) is 0 Å². The lowest BCUT2D eigenvalue weighted by atomic mass is 10.3. The Morgan fingerprint density at radius 1 is 0.792 bits per heavy atom. The van der Waals surface area contributed by atoms with Crippen molar-refractivity contribution in [1.82, 2.24) is 21.3 Å². The average Bonchev–Trinajstić information content (AvgIpc) is 2.96. The van der Waals surface area contributed by atoms with Crippen molar-refractivity contribution in [2.75, 3.05) is 36.1 Å². The van der Waals surface area contributed by atoms with Crippen molar-refractivity contribution >= 4 is 54.3 Å². The summed E-state index contributed by atoms with van der Waals surface area (Å²) in [5.74, 6) is 0.633. The Morgan fingerprint density at radius 2 is 1.17 bits per heavy atom. The van der Waals surface area contributed by atoms with E-state index in [4.69, 9.17) is 24.4 Å². The number of sulfone groups is 2. The van der Waals surface area contributed by atoms with E-state index in [0.29, 0.717) is 36.2 Å². The van der Waals surface area contributed by atoms with Crippen LogP contribution in [0.3, 0.4) is 0 Å². The summed E-state index contributed by atoms with van der Waals surface area (Å²) in [7, 11) is -5.86. The fourth-order valence-electron chi connectivity index (χ4n) is 2.64. The lowest BCUT2D eigenvalue weighted by Crippen LogP contribution is -2.47. The van der Waals surface area contributed by atoms with Crippen molar-refractivity contribution in [3.63, 3.8) is 0 Å². The summed E-state index contributed by atoms with van der Waals surface area (Å²) in [5, 5.41) is 12.8. The number of thiocarbonyl (C=S) groups is 2. The topological polar surface area (TPSA) is 116 Å². The molecule has 0 aromatic carbocycles. The summed E-state index contributed by atoms with van der Waals surface area (Å²) in [6.45, 7) is 1.02. The predicted molar refractivity (Wildman–Crippen MR) is 102 cm³/mol. The molecular weight excluding hydrogens is 392 g/mol. The molecule has 24 heavy (non-hydrogen) atoms. The van der Waals surface area contributed by atoms with Crippen LogP contribution in [0, 0.1) is 0 Å². The van der Waals surface area contributed by atoms with E-state index in [0.717, 1.165) is 0 Å². The summed E-state index contributed by atoms with van der Waals surface area (Å²) in [6, 6.07) is -0.259. The van der Waals surface area contributed by atoms with Crippen LogP contribution in [0.2, 0.25) is 0 Å². The van der Waals surface area contributed by atoms with Gasteiger partial charge in [-0.2, -0.15) is 0 Å². The van der Waals surface area contributed by atoms with Gasteiger partial charge in [0.05, 0.1) is 23.0 Å². The fourth-order valence-corrected chi connectivity index (χ4v) is 6.53. The highest BCUT2D eigenvalue weighted by Gasteiger charge is 2.28. The molecule has 4 N–H and O–H groups in total. The maximum Gasteiger partial charge on any atom is 0.166 e. The van der Waals surface area contributed by atoms with Crippen LogP contribution < -0.4 is 21.3 Å². The first-order valence-electron chi connectivity index (χ1n) is 7.65. The zero-order valence-corrected chi connectivity index (χ0v) is 16.3.